The van der Waals surface area contributed by atoms with Gasteiger partial charge in [-0.15, -0.1) is 0 Å². The summed E-state index contributed by atoms with van der Waals surface area (Å²) in [7, 11) is -2.33. The van der Waals surface area contributed by atoms with E-state index in [1.807, 2.05) is 0 Å². The number of rotatable bonds is 5. The molecular weight excluding hydrogens is 376 g/mol. The molecule has 0 saturated heterocycles. The van der Waals surface area contributed by atoms with Crippen LogP contribution >= 0.6 is 0 Å². The van der Waals surface area contributed by atoms with E-state index in [1.165, 1.54) is 36.1 Å². The Morgan fingerprint density at radius 3 is 2.33 bits per heavy atom. The number of benzene rings is 2. The molecule has 0 spiro atoms. The summed E-state index contributed by atoms with van der Waals surface area (Å²) in [6, 6.07) is 11.7. The largest absolute Gasteiger partial charge is 0.497 e. The van der Waals surface area contributed by atoms with Crippen LogP contribution in [-0.2, 0) is 10.0 Å². The molecule has 4 N–H and O–H groups in total. The minimum Gasteiger partial charge on any atom is -0.497 e. The van der Waals surface area contributed by atoms with Crippen molar-refractivity contribution >= 4 is 21.6 Å². The number of sulfonamides is 1. The first-order valence-corrected chi connectivity index (χ1v) is 9.06. The van der Waals surface area contributed by atoms with E-state index in [2.05, 4.69) is 10.6 Å². The van der Waals surface area contributed by atoms with E-state index in [-0.39, 0.29) is 16.3 Å². The monoisotopic (exact) mass is 391 g/mol. The number of methoxy groups -OCH3 is 1. The van der Waals surface area contributed by atoms with Gasteiger partial charge < -0.3 is 10.1 Å². The summed E-state index contributed by atoms with van der Waals surface area (Å²) >= 11 is 0. The normalized spacial score (nSPS) is 11.2. The smallest absolute Gasteiger partial charge is 0.441 e. The first kappa shape index (κ1) is 18.4. The first-order chi connectivity index (χ1) is 12.8. The third-order valence-corrected chi connectivity index (χ3v) is 4.56. The fraction of sp³-hybridized carbons (Fsp3) is 0.0625. The molecule has 0 fully saturated rings. The molecule has 11 heteroatoms. The van der Waals surface area contributed by atoms with Gasteiger partial charge in [-0.2, -0.15) is 0 Å². The van der Waals surface area contributed by atoms with Crippen LogP contribution in [0.5, 0.6) is 5.75 Å². The van der Waals surface area contributed by atoms with Gasteiger partial charge >= 0.3 is 17.2 Å². The minimum absolute atomic E-state index is 0.102. The number of aromatic amines is 1. The van der Waals surface area contributed by atoms with Crippen LogP contribution in [-0.4, -0.2) is 26.7 Å². The molecule has 140 valence electrons. The summed E-state index contributed by atoms with van der Waals surface area (Å²) in [5.74, 6) is -0.143. The van der Waals surface area contributed by atoms with Gasteiger partial charge in [0.15, 0.2) is 0 Å². The highest BCUT2D eigenvalue weighted by Crippen LogP contribution is 2.14. The molecular formula is C16H15N4O6S+. The zero-order valence-electron chi connectivity index (χ0n) is 14.0. The molecule has 2 aromatic carbocycles. The van der Waals surface area contributed by atoms with Gasteiger partial charge in [-0.3, -0.25) is 9.32 Å². The van der Waals surface area contributed by atoms with Crippen LogP contribution < -0.4 is 25.5 Å². The Labute approximate surface area is 153 Å². The van der Waals surface area contributed by atoms with Gasteiger partial charge in [0.1, 0.15) is 5.75 Å². The first-order valence-electron chi connectivity index (χ1n) is 7.52. The molecule has 0 radical (unpaired) electrons. The molecule has 3 rings (SSSR count). The van der Waals surface area contributed by atoms with Gasteiger partial charge in [0.05, 0.1) is 12.0 Å². The molecule has 1 aromatic heterocycles. The lowest BCUT2D eigenvalue weighted by atomic mass is 10.3. The lowest BCUT2D eigenvalue weighted by Gasteiger charge is -2.03. The maximum absolute atomic E-state index is 12.5. The fourth-order valence-electron chi connectivity index (χ4n) is 2.30. The number of hydrogen-bond donors (Lipinski definition) is 3. The zero-order chi connectivity index (χ0) is 19.6. The van der Waals surface area contributed by atoms with E-state index in [9.17, 15) is 18.0 Å². The van der Waals surface area contributed by atoms with Gasteiger partial charge in [0.2, 0.25) is 15.7 Å². The molecule has 10 nitrogen and oxygen atoms in total. The molecule has 0 atom stereocenters. The maximum Gasteiger partial charge on any atom is 0.441 e. The minimum atomic E-state index is -3.84. The predicted molar refractivity (Wildman–Crippen MR) is 93.2 cm³/mol. The highest BCUT2D eigenvalue weighted by atomic mass is 32.2. The van der Waals surface area contributed by atoms with E-state index >= 15 is 0 Å². The third kappa shape index (κ3) is 3.88. The Balaban J connectivity index is 1.89. The highest BCUT2D eigenvalue weighted by molar-refractivity contribution is 7.89. The molecule has 0 bridgehead atoms. The van der Waals surface area contributed by atoms with Crippen LogP contribution in [0.1, 0.15) is 10.5 Å². The molecule has 27 heavy (non-hydrogen) atoms. The van der Waals surface area contributed by atoms with E-state index in [0.717, 1.165) is 0 Å². The number of primary sulfonamides is 1. The second-order valence-corrected chi connectivity index (χ2v) is 6.95. The number of nitrogens with zero attached hydrogens (tertiary/aromatic N) is 1. The second-order valence-electron chi connectivity index (χ2n) is 5.39. The molecule has 0 aliphatic carbocycles. The van der Waals surface area contributed by atoms with Gasteiger partial charge in [0, 0.05) is 17.8 Å². The van der Waals surface area contributed by atoms with Gasteiger partial charge in [-0.25, -0.2) is 18.4 Å². The number of hydrogen-bond acceptors (Lipinski definition) is 6. The Morgan fingerprint density at radius 2 is 1.78 bits per heavy atom. The average molecular weight is 391 g/mol. The third-order valence-electron chi connectivity index (χ3n) is 3.63. The fourth-order valence-corrected chi connectivity index (χ4v) is 2.81. The Hall–Kier alpha value is -3.44. The summed E-state index contributed by atoms with van der Waals surface area (Å²) < 4.78 is 33.5. The number of nitrogens with one attached hydrogen (secondary N) is 2. The lowest BCUT2D eigenvalue weighted by molar-refractivity contribution is -0.672. The Morgan fingerprint density at radius 1 is 1.15 bits per heavy atom. The number of amides is 1. The summed E-state index contributed by atoms with van der Waals surface area (Å²) in [6.07, 6.45) is 0. The predicted octanol–water partition coefficient (Wildman–Crippen LogP) is 0.153. The molecule has 1 heterocycles. The van der Waals surface area contributed by atoms with Crippen molar-refractivity contribution in [3.05, 3.63) is 64.6 Å². The van der Waals surface area contributed by atoms with Crippen LogP contribution in [0.4, 0.5) is 5.69 Å². The molecule has 0 aliphatic rings. The van der Waals surface area contributed by atoms with Crippen molar-refractivity contribution in [2.24, 2.45) is 5.14 Å². The second kappa shape index (κ2) is 7.05. The number of nitrogens with two attached hydrogens (primary N) is 1. The van der Waals surface area contributed by atoms with Crippen LogP contribution in [0, 0.1) is 0 Å². The van der Waals surface area contributed by atoms with Crippen molar-refractivity contribution in [1.29, 1.82) is 0 Å². The van der Waals surface area contributed by atoms with Crippen molar-refractivity contribution in [3.8, 4) is 11.4 Å². The van der Waals surface area contributed by atoms with Crippen molar-refractivity contribution in [1.82, 2.24) is 5.27 Å². The molecule has 1 amide bonds. The van der Waals surface area contributed by atoms with Crippen molar-refractivity contribution in [2.45, 2.75) is 4.90 Å². The van der Waals surface area contributed by atoms with E-state index in [4.69, 9.17) is 14.4 Å². The van der Waals surface area contributed by atoms with Crippen LogP contribution in [0.3, 0.4) is 0 Å². The Kier molecular flexibility index (Phi) is 4.79. The number of aromatic nitrogens is 2. The SMILES string of the molecule is COc1ccc(-[n+]2[nH]oc(=O)c2C(=O)Nc2ccc(S(N)(=O)=O)cc2)cc1. The van der Waals surface area contributed by atoms with Crippen LogP contribution in [0.25, 0.3) is 5.69 Å². The van der Waals surface area contributed by atoms with Crippen LogP contribution in [0.2, 0.25) is 0 Å². The van der Waals surface area contributed by atoms with Gasteiger partial charge in [-0.1, -0.05) is 0 Å². The number of ether oxygens (including phenoxy) is 1. The number of carbonyl (C=O) groups is 1. The Bertz CT molecular complexity index is 1130. The lowest BCUT2D eigenvalue weighted by Crippen LogP contribution is -2.42. The molecule has 3 aromatic rings. The number of carbonyl (C=O) groups excluding carboxylic acids is 1. The molecule has 0 aliphatic heterocycles. The average Bonchev–Trinajstić information content (AvgIpc) is 3.03. The summed E-state index contributed by atoms with van der Waals surface area (Å²) in [6.45, 7) is 0. The van der Waals surface area contributed by atoms with E-state index < -0.39 is 21.6 Å². The highest BCUT2D eigenvalue weighted by Gasteiger charge is 2.31. The van der Waals surface area contributed by atoms with Crippen molar-refractivity contribution in [3.63, 3.8) is 0 Å². The van der Waals surface area contributed by atoms with Crippen LogP contribution in [0.15, 0.2) is 62.7 Å². The summed E-state index contributed by atoms with van der Waals surface area (Å²) in [5, 5.41) is 9.88. The summed E-state index contributed by atoms with van der Waals surface area (Å²) in [5.41, 5.74) is -0.425. The maximum atomic E-state index is 12.5. The van der Waals surface area contributed by atoms with Gasteiger partial charge in [0.25, 0.3) is 0 Å². The molecule has 0 saturated carbocycles. The van der Waals surface area contributed by atoms with E-state index in [1.54, 1.807) is 24.3 Å². The van der Waals surface area contributed by atoms with Gasteiger partial charge in [-0.05, 0) is 46.4 Å². The number of anilines is 1. The van der Waals surface area contributed by atoms with Crippen molar-refractivity contribution < 1.29 is 27.2 Å². The quantitative estimate of drug-likeness (QED) is 0.527. The topological polar surface area (TPSA) is 148 Å². The van der Waals surface area contributed by atoms with Crippen molar-refractivity contribution in [2.75, 3.05) is 12.4 Å². The number of H-pyrrole nitrogens is 1. The summed E-state index contributed by atoms with van der Waals surface area (Å²) in [4.78, 5) is 24.4. The molecule has 0 unspecified atom stereocenters. The zero-order valence-corrected chi connectivity index (χ0v) is 14.8. The van der Waals surface area contributed by atoms with E-state index in [0.29, 0.717) is 11.4 Å². The standard InChI is InChI=1S/C16H14N4O6S/c1-25-12-6-4-11(5-7-12)20-14(16(22)26-19-20)15(21)18-10-2-8-13(9-3-10)27(17,23)24/h2-9H,1H3,(H3-,17,18,19,21,22,23,24)/p+1.